The molecule has 2 amide bonds. The number of anilines is 2. The van der Waals surface area contributed by atoms with Crippen LogP contribution in [-0.2, 0) is 9.59 Å². The van der Waals surface area contributed by atoms with Crippen LogP contribution in [0.2, 0.25) is 5.02 Å². The molecule has 1 aromatic heterocycles. The van der Waals surface area contributed by atoms with Gasteiger partial charge in [-0.1, -0.05) is 35.9 Å². The fourth-order valence-corrected chi connectivity index (χ4v) is 3.13. The Labute approximate surface area is 165 Å². The number of halogens is 1. The number of carbonyl (C=O) groups is 2. The van der Waals surface area contributed by atoms with E-state index in [-0.39, 0.29) is 30.9 Å². The molecule has 2 aromatic carbocycles. The monoisotopic (exact) mass is 397 g/mol. The highest BCUT2D eigenvalue weighted by molar-refractivity contribution is 6.33. The zero-order chi connectivity index (χ0) is 19.5. The number of fused-ring (bicyclic) bond motifs is 1. The molecule has 0 aliphatic carbocycles. The van der Waals surface area contributed by atoms with Gasteiger partial charge in [0, 0.05) is 0 Å². The summed E-state index contributed by atoms with van der Waals surface area (Å²) in [6.45, 7) is -0.149. The van der Waals surface area contributed by atoms with Gasteiger partial charge in [-0.15, -0.1) is 0 Å². The quantitative estimate of drug-likeness (QED) is 0.689. The number of para-hydroxylation sites is 1. The third-order valence-corrected chi connectivity index (χ3v) is 4.61. The molecule has 0 radical (unpaired) electrons. The van der Waals surface area contributed by atoms with E-state index in [1.165, 1.54) is 6.33 Å². The van der Waals surface area contributed by atoms with Crippen molar-refractivity contribution in [1.29, 1.82) is 0 Å². The summed E-state index contributed by atoms with van der Waals surface area (Å²) in [4.78, 5) is 27.9. The van der Waals surface area contributed by atoms with E-state index in [4.69, 9.17) is 16.3 Å². The van der Waals surface area contributed by atoms with Gasteiger partial charge >= 0.3 is 0 Å². The Balaban J connectivity index is 1.39. The predicted octanol–water partition coefficient (Wildman–Crippen LogP) is 2.88. The minimum atomic E-state index is -0.312. The summed E-state index contributed by atoms with van der Waals surface area (Å²) in [5.41, 5.74) is 1.43. The Kier molecular flexibility index (Phi) is 4.94. The molecule has 8 nitrogen and oxygen atoms in total. The Morgan fingerprint density at radius 3 is 2.82 bits per heavy atom. The van der Waals surface area contributed by atoms with Gasteiger partial charge in [0.25, 0.3) is 5.91 Å². The average Bonchev–Trinajstić information content (AvgIpc) is 3.16. The zero-order valence-corrected chi connectivity index (χ0v) is 15.4. The van der Waals surface area contributed by atoms with Gasteiger partial charge in [0.1, 0.15) is 12.1 Å². The normalized spacial score (nSPS) is 15.5. The van der Waals surface area contributed by atoms with Crippen LogP contribution in [-0.4, -0.2) is 33.2 Å². The number of nitrogens with one attached hydrogen (secondary N) is 2. The van der Waals surface area contributed by atoms with Crippen molar-refractivity contribution >= 4 is 35.1 Å². The van der Waals surface area contributed by atoms with Gasteiger partial charge in [0.15, 0.2) is 6.61 Å². The number of amides is 2. The average molecular weight is 398 g/mol. The van der Waals surface area contributed by atoms with Crippen LogP contribution in [0.3, 0.4) is 0 Å². The first kappa shape index (κ1) is 18.0. The van der Waals surface area contributed by atoms with Gasteiger partial charge in [0.05, 0.1) is 23.2 Å². The SMILES string of the molecule is O=C(COc1ccc([C@H]2CC(=O)Nc3ncnn32)cc1)Nc1ccccc1Cl. The van der Waals surface area contributed by atoms with E-state index in [2.05, 4.69) is 20.7 Å². The van der Waals surface area contributed by atoms with Crippen LogP contribution >= 0.6 is 11.6 Å². The van der Waals surface area contributed by atoms with Crippen molar-refractivity contribution in [3.05, 3.63) is 65.4 Å². The van der Waals surface area contributed by atoms with Crippen LogP contribution in [0.5, 0.6) is 5.75 Å². The lowest BCUT2D eigenvalue weighted by Gasteiger charge is -2.23. The molecule has 0 saturated heterocycles. The summed E-state index contributed by atoms with van der Waals surface area (Å²) in [6, 6.07) is 13.9. The summed E-state index contributed by atoms with van der Waals surface area (Å²) in [5.74, 6) is 0.547. The van der Waals surface area contributed by atoms with E-state index in [0.29, 0.717) is 22.4 Å². The number of ether oxygens (including phenoxy) is 1. The maximum absolute atomic E-state index is 12.0. The number of hydrogen-bond donors (Lipinski definition) is 2. The second-order valence-corrected chi connectivity index (χ2v) is 6.59. The van der Waals surface area contributed by atoms with Crippen molar-refractivity contribution in [2.75, 3.05) is 17.2 Å². The van der Waals surface area contributed by atoms with Crippen molar-refractivity contribution in [1.82, 2.24) is 14.8 Å². The van der Waals surface area contributed by atoms with E-state index in [0.717, 1.165) is 5.56 Å². The Morgan fingerprint density at radius 2 is 2.04 bits per heavy atom. The molecule has 2 N–H and O–H groups in total. The number of carbonyl (C=O) groups excluding carboxylic acids is 2. The summed E-state index contributed by atoms with van der Waals surface area (Å²) in [5, 5.41) is 10.0. The third kappa shape index (κ3) is 3.81. The van der Waals surface area contributed by atoms with E-state index in [1.807, 2.05) is 12.1 Å². The fourth-order valence-electron chi connectivity index (χ4n) is 2.95. The Bertz CT molecular complexity index is 1020. The Hall–Kier alpha value is -3.39. The molecule has 0 fully saturated rings. The highest BCUT2D eigenvalue weighted by Gasteiger charge is 2.27. The maximum atomic E-state index is 12.0. The fraction of sp³-hybridized carbons (Fsp3) is 0.158. The largest absolute Gasteiger partial charge is 0.484 e. The Morgan fingerprint density at radius 1 is 1.25 bits per heavy atom. The smallest absolute Gasteiger partial charge is 0.262 e. The summed E-state index contributed by atoms with van der Waals surface area (Å²) >= 11 is 6.02. The van der Waals surface area contributed by atoms with Crippen molar-refractivity contribution in [3.63, 3.8) is 0 Å². The summed E-state index contributed by atoms with van der Waals surface area (Å²) in [7, 11) is 0. The number of hydrogen-bond acceptors (Lipinski definition) is 5. The van der Waals surface area contributed by atoms with E-state index < -0.39 is 0 Å². The van der Waals surface area contributed by atoms with Crippen molar-refractivity contribution in [2.24, 2.45) is 0 Å². The van der Waals surface area contributed by atoms with Crippen LogP contribution in [0.15, 0.2) is 54.9 Å². The van der Waals surface area contributed by atoms with Gasteiger partial charge < -0.3 is 10.1 Å². The number of aromatic nitrogens is 3. The van der Waals surface area contributed by atoms with Crippen LogP contribution in [0.4, 0.5) is 11.6 Å². The number of benzene rings is 2. The molecule has 3 aromatic rings. The van der Waals surface area contributed by atoms with Gasteiger partial charge in [-0.3, -0.25) is 14.9 Å². The maximum Gasteiger partial charge on any atom is 0.262 e. The molecule has 9 heteroatoms. The lowest BCUT2D eigenvalue weighted by Crippen LogP contribution is -2.29. The number of rotatable bonds is 5. The second kappa shape index (κ2) is 7.69. The molecule has 28 heavy (non-hydrogen) atoms. The number of nitrogens with zero attached hydrogens (tertiary/aromatic N) is 3. The second-order valence-electron chi connectivity index (χ2n) is 6.18. The van der Waals surface area contributed by atoms with Crippen molar-refractivity contribution < 1.29 is 14.3 Å². The highest BCUT2D eigenvalue weighted by Crippen LogP contribution is 2.29. The molecule has 1 aliphatic heterocycles. The first-order chi connectivity index (χ1) is 13.6. The van der Waals surface area contributed by atoms with E-state index in [1.54, 1.807) is 41.1 Å². The molecule has 1 aliphatic rings. The molecule has 2 heterocycles. The summed E-state index contributed by atoms with van der Waals surface area (Å²) in [6.07, 6.45) is 1.68. The minimum Gasteiger partial charge on any atom is -0.484 e. The van der Waals surface area contributed by atoms with Crippen molar-refractivity contribution in [2.45, 2.75) is 12.5 Å². The van der Waals surface area contributed by atoms with Gasteiger partial charge in [-0.05, 0) is 29.8 Å². The first-order valence-corrected chi connectivity index (χ1v) is 8.94. The van der Waals surface area contributed by atoms with Crippen molar-refractivity contribution in [3.8, 4) is 5.75 Å². The van der Waals surface area contributed by atoms with E-state index in [9.17, 15) is 9.59 Å². The molecular weight excluding hydrogens is 382 g/mol. The van der Waals surface area contributed by atoms with Gasteiger partial charge in [-0.25, -0.2) is 4.68 Å². The third-order valence-electron chi connectivity index (χ3n) is 4.28. The molecule has 0 saturated carbocycles. The van der Waals surface area contributed by atoms with Gasteiger partial charge in [-0.2, -0.15) is 10.1 Å². The molecule has 0 unspecified atom stereocenters. The molecule has 4 rings (SSSR count). The zero-order valence-electron chi connectivity index (χ0n) is 14.6. The molecule has 0 bridgehead atoms. The highest BCUT2D eigenvalue weighted by atomic mass is 35.5. The lowest BCUT2D eigenvalue weighted by atomic mass is 10.0. The molecule has 142 valence electrons. The van der Waals surface area contributed by atoms with Crippen LogP contribution < -0.4 is 15.4 Å². The van der Waals surface area contributed by atoms with Crippen LogP contribution in [0, 0.1) is 0 Å². The minimum absolute atomic E-state index is 0.109. The van der Waals surface area contributed by atoms with Crippen LogP contribution in [0.25, 0.3) is 0 Å². The predicted molar refractivity (Wildman–Crippen MR) is 103 cm³/mol. The molecule has 0 spiro atoms. The summed E-state index contributed by atoms with van der Waals surface area (Å²) < 4.78 is 7.20. The van der Waals surface area contributed by atoms with Crippen LogP contribution in [0.1, 0.15) is 18.0 Å². The lowest BCUT2D eigenvalue weighted by molar-refractivity contribution is -0.118. The molecular formula is C19H16ClN5O3. The van der Waals surface area contributed by atoms with E-state index >= 15 is 0 Å². The topological polar surface area (TPSA) is 98.1 Å². The first-order valence-electron chi connectivity index (χ1n) is 8.56. The molecule has 1 atom stereocenters. The standard InChI is InChI=1S/C19H16ClN5O3/c20-14-3-1-2-4-15(14)23-18(27)10-28-13-7-5-12(6-8-13)16-9-17(26)24-19-21-11-22-25(16)19/h1-8,11,16H,9-10H2,(H,23,27)(H,21,22,24,26)/t16-/m1/s1. The van der Waals surface area contributed by atoms with Gasteiger partial charge in [0.2, 0.25) is 11.9 Å².